The van der Waals surface area contributed by atoms with E-state index < -0.39 is 0 Å². The molecule has 2 amide bonds. The second-order valence-corrected chi connectivity index (χ2v) is 6.28. The number of piperidine rings is 1. The smallest absolute Gasteiger partial charge is 0.228 e. The molecule has 1 aromatic rings. The number of likely N-dealkylation sites (tertiary alicyclic amines) is 1. The summed E-state index contributed by atoms with van der Waals surface area (Å²) in [5, 5.41) is 2.90. The summed E-state index contributed by atoms with van der Waals surface area (Å²) in [6.07, 6.45) is 4.05. The normalized spacial score (nSPS) is 23.3. The van der Waals surface area contributed by atoms with Crippen molar-refractivity contribution in [2.75, 3.05) is 25.0 Å². The molecule has 0 radical (unpaired) electrons. The average molecular weight is 316 g/mol. The molecule has 1 aliphatic heterocycles. The fraction of sp³-hybridized carbons (Fsp3) is 0.556. The summed E-state index contributed by atoms with van der Waals surface area (Å²) < 4.78 is 5.38. The number of amides is 2. The maximum Gasteiger partial charge on any atom is 0.228 e. The van der Waals surface area contributed by atoms with Gasteiger partial charge in [-0.05, 0) is 56.9 Å². The highest BCUT2D eigenvalue weighted by Crippen LogP contribution is 2.41. The highest BCUT2D eigenvalue weighted by atomic mass is 16.5. The first kappa shape index (κ1) is 15.8. The molecule has 1 N–H and O–H groups in total. The minimum atomic E-state index is -0.170. The van der Waals surface area contributed by atoms with Gasteiger partial charge < -0.3 is 15.0 Å². The molecule has 5 heteroatoms. The number of benzene rings is 1. The van der Waals surface area contributed by atoms with Crippen LogP contribution in [0.5, 0.6) is 5.75 Å². The molecule has 2 fully saturated rings. The van der Waals surface area contributed by atoms with Gasteiger partial charge in [0.1, 0.15) is 5.75 Å². The molecule has 2 atom stereocenters. The summed E-state index contributed by atoms with van der Waals surface area (Å²) in [4.78, 5) is 26.6. The van der Waals surface area contributed by atoms with Gasteiger partial charge in [0.05, 0.1) is 18.4 Å². The lowest BCUT2D eigenvalue weighted by Crippen LogP contribution is -2.37. The molecule has 1 aliphatic carbocycles. The van der Waals surface area contributed by atoms with Crippen molar-refractivity contribution < 1.29 is 14.3 Å². The molecule has 1 saturated carbocycles. The van der Waals surface area contributed by atoms with Crippen LogP contribution < -0.4 is 10.1 Å². The molecule has 0 spiro atoms. The lowest BCUT2D eigenvalue weighted by Gasteiger charge is -2.26. The van der Waals surface area contributed by atoms with Crippen LogP contribution in [0.3, 0.4) is 0 Å². The Kier molecular flexibility index (Phi) is 4.84. The second kappa shape index (κ2) is 7.02. The Hall–Kier alpha value is -2.04. The lowest BCUT2D eigenvalue weighted by molar-refractivity contribution is -0.134. The van der Waals surface area contributed by atoms with Crippen LogP contribution >= 0.6 is 0 Å². The number of nitrogens with one attached hydrogen (secondary N) is 1. The van der Waals surface area contributed by atoms with Gasteiger partial charge >= 0.3 is 0 Å². The van der Waals surface area contributed by atoms with E-state index in [9.17, 15) is 9.59 Å². The highest BCUT2D eigenvalue weighted by molar-refractivity contribution is 5.99. The van der Waals surface area contributed by atoms with Crippen molar-refractivity contribution in [2.24, 2.45) is 11.8 Å². The number of nitrogens with zero attached hydrogens (tertiary/aromatic N) is 1. The molecule has 2 aliphatic rings. The van der Waals surface area contributed by atoms with E-state index in [-0.39, 0.29) is 23.7 Å². The Bertz CT molecular complexity index is 564. The Labute approximate surface area is 137 Å². The number of anilines is 1. The molecule has 0 bridgehead atoms. The minimum absolute atomic E-state index is 0.0514. The number of carbonyl (C=O) groups is 2. The van der Waals surface area contributed by atoms with Crippen LogP contribution in [0.25, 0.3) is 0 Å². The van der Waals surface area contributed by atoms with E-state index in [0.717, 1.165) is 37.4 Å². The molecule has 1 saturated heterocycles. The van der Waals surface area contributed by atoms with Crippen molar-refractivity contribution in [3.05, 3.63) is 24.3 Å². The third-order valence-corrected chi connectivity index (χ3v) is 4.55. The standard InChI is InChI=1S/C18H24N2O3/c1-2-23-14-8-6-13(7-9-14)19-17(21)15-12-16(15)18(22)20-10-4-3-5-11-20/h6-9,15-16H,2-5,10-12H2,1H3,(H,19,21). The maximum atomic E-state index is 12.4. The monoisotopic (exact) mass is 316 g/mol. The SMILES string of the molecule is CCOc1ccc(NC(=O)C2CC2C(=O)N2CCCCC2)cc1. The molecule has 1 heterocycles. The van der Waals surface area contributed by atoms with Crippen LogP contribution in [0.2, 0.25) is 0 Å². The molecule has 5 nitrogen and oxygen atoms in total. The van der Waals surface area contributed by atoms with E-state index in [2.05, 4.69) is 5.32 Å². The molecular formula is C18H24N2O3. The number of hydrogen-bond acceptors (Lipinski definition) is 3. The van der Waals surface area contributed by atoms with Crippen LogP contribution in [0.15, 0.2) is 24.3 Å². The van der Waals surface area contributed by atoms with Crippen molar-refractivity contribution in [1.29, 1.82) is 0 Å². The average Bonchev–Trinajstić information content (AvgIpc) is 3.38. The van der Waals surface area contributed by atoms with Crippen LogP contribution in [0.4, 0.5) is 5.69 Å². The fourth-order valence-electron chi connectivity index (χ4n) is 3.14. The molecule has 3 rings (SSSR count). The van der Waals surface area contributed by atoms with Crippen molar-refractivity contribution >= 4 is 17.5 Å². The first-order chi connectivity index (χ1) is 11.2. The van der Waals surface area contributed by atoms with E-state index in [1.807, 2.05) is 36.1 Å². The largest absolute Gasteiger partial charge is 0.494 e. The van der Waals surface area contributed by atoms with E-state index in [1.165, 1.54) is 6.42 Å². The van der Waals surface area contributed by atoms with Gasteiger partial charge in [0.15, 0.2) is 0 Å². The number of hydrogen-bond donors (Lipinski definition) is 1. The molecule has 23 heavy (non-hydrogen) atoms. The van der Waals surface area contributed by atoms with Gasteiger partial charge in [0, 0.05) is 18.8 Å². The summed E-state index contributed by atoms with van der Waals surface area (Å²) in [6.45, 7) is 4.25. The van der Waals surface area contributed by atoms with Gasteiger partial charge in [-0.3, -0.25) is 9.59 Å². The van der Waals surface area contributed by atoms with Gasteiger partial charge in [-0.1, -0.05) is 0 Å². The third-order valence-electron chi connectivity index (χ3n) is 4.55. The first-order valence-corrected chi connectivity index (χ1v) is 8.51. The summed E-state index contributed by atoms with van der Waals surface area (Å²) >= 11 is 0. The zero-order valence-electron chi connectivity index (χ0n) is 13.6. The van der Waals surface area contributed by atoms with Gasteiger partial charge in [-0.15, -0.1) is 0 Å². The predicted octanol–water partition coefficient (Wildman–Crippen LogP) is 2.67. The third kappa shape index (κ3) is 3.84. The fourth-order valence-corrected chi connectivity index (χ4v) is 3.14. The maximum absolute atomic E-state index is 12.4. The second-order valence-electron chi connectivity index (χ2n) is 6.28. The van der Waals surface area contributed by atoms with Crippen LogP contribution in [-0.2, 0) is 9.59 Å². The quantitative estimate of drug-likeness (QED) is 0.908. The lowest BCUT2D eigenvalue weighted by atomic mass is 10.1. The summed E-state index contributed by atoms with van der Waals surface area (Å²) in [5.74, 6) is 0.614. The zero-order valence-corrected chi connectivity index (χ0v) is 13.6. The first-order valence-electron chi connectivity index (χ1n) is 8.51. The number of carbonyl (C=O) groups excluding carboxylic acids is 2. The van der Waals surface area contributed by atoms with Crippen molar-refractivity contribution in [2.45, 2.75) is 32.6 Å². The number of ether oxygens (including phenoxy) is 1. The van der Waals surface area contributed by atoms with Gasteiger partial charge in [-0.2, -0.15) is 0 Å². The van der Waals surface area contributed by atoms with E-state index in [0.29, 0.717) is 13.0 Å². The van der Waals surface area contributed by atoms with Gasteiger partial charge in [-0.25, -0.2) is 0 Å². The molecule has 124 valence electrons. The highest BCUT2D eigenvalue weighted by Gasteiger charge is 2.49. The molecule has 2 unspecified atom stereocenters. The Morgan fingerprint density at radius 1 is 1.13 bits per heavy atom. The van der Waals surface area contributed by atoms with Crippen LogP contribution in [0, 0.1) is 11.8 Å². The molecular weight excluding hydrogens is 292 g/mol. The topological polar surface area (TPSA) is 58.6 Å². The Balaban J connectivity index is 1.50. The van der Waals surface area contributed by atoms with Gasteiger partial charge in [0.25, 0.3) is 0 Å². The number of rotatable bonds is 5. The van der Waals surface area contributed by atoms with E-state index in [4.69, 9.17) is 4.74 Å². The molecule has 0 aromatic heterocycles. The molecule has 1 aromatic carbocycles. The predicted molar refractivity (Wildman–Crippen MR) is 88.3 cm³/mol. The van der Waals surface area contributed by atoms with Crippen molar-refractivity contribution in [3.8, 4) is 5.75 Å². The van der Waals surface area contributed by atoms with Crippen LogP contribution in [-0.4, -0.2) is 36.4 Å². The minimum Gasteiger partial charge on any atom is -0.494 e. The summed E-state index contributed by atoms with van der Waals surface area (Å²) in [5.41, 5.74) is 0.745. The van der Waals surface area contributed by atoms with Crippen LogP contribution in [0.1, 0.15) is 32.6 Å². The Morgan fingerprint density at radius 3 is 2.48 bits per heavy atom. The summed E-state index contributed by atoms with van der Waals surface area (Å²) in [7, 11) is 0. The van der Waals surface area contributed by atoms with Crippen molar-refractivity contribution in [1.82, 2.24) is 4.90 Å². The van der Waals surface area contributed by atoms with Gasteiger partial charge in [0.2, 0.25) is 11.8 Å². The zero-order chi connectivity index (χ0) is 16.2. The summed E-state index contributed by atoms with van der Waals surface area (Å²) in [6, 6.07) is 7.32. The van der Waals surface area contributed by atoms with E-state index >= 15 is 0 Å². The Morgan fingerprint density at radius 2 is 1.83 bits per heavy atom. The van der Waals surface area contributed by atoms with E-state index in [1.54, 1.807) is 0 Å². The van der Waals surface area contributed by atoms with Crippen molar-refractivity contribution in [3.63, 3.8) is 0 Å².